The summed E-state index contributed by atoms with van der Waals surface area (Å²) < 4.78 is 13.0. The maximum Gasteiger partial charge on any atom is 0.319 e. The van der Waals surface area contributed by atoms with E-state index in [-0.39, 0.29) is 11.3 Å². The summed E-state index contributed by atoms with van der Waals surface area (Å²) in [6, 6.07) is 7.03. The molecule has 1 heterocycles. The number of rotatable bonds is 3. The molecule has 0 bridgehead atoms. The molecule has 6 heteroatoms. The summed E-state index contributed by atoms with van der Waals surface area (Å²) in [5.41, 5.74) is 1.50. The molecule has 4 nitrogen and oxygen atoms in total. The number of anilines is 1. The second kappa shape index (κ2) is 6.17. The van der Waals surface area contributed by atoms with Crippen molar-refractivity contribution in [1.29, 1.82) is 5.26 Å². The number of nitrogens with zero attached hydrogens (tertiary/aromatic N) is 1. The summed E-state index contributed by atoms with van der Waals surface area (Å²) >= 11 is 1.56. The van der Waals surface area contributed by atoms with Crippen LogP contribution in [0.3, 0.4) is 0 Å². The first-order chi connectivity index (χ1) is 9.60. The third-order valence-corrected chi connectivity index (χ3v) is 3.75. The standard InChI is InChI=1S/C14H12FN3OS/c1-9-4-5-20-13(9)8-17-14(19)18-12-3-2-11(15)6-10(12)7-16/h2-6H,8H2,1H3,(H2,17,18,19). The number of hydrogen-bond donors (Lipinski definition) is 2. The lowest BCUT2D eigenvalue weighted by Gasteiger charge is -2.08. The Kier molecular flexibility index (Phi) is 4.33. The van der Waals surface area contributed by atoms with Gasteiger partial charge in [0.25, 0.3) is 0 Å². The summed E-state index contributed by atoms with van der Waals surface area (Å²) in [6.07, 6.45) is 0. The van der Waals surface area contributed by atoms with Crippen molar-refractivity contribution in [3.8, 4) is 6.07 Å². The quantitative estimate of drug-likeness (QED) is 0.909. The van der Waals surface area contributed by atoms with Gasteiger partial charge in [-0.1, -0.05) is 0 Å². The van der Waals surface area contributed by atoms with Gasteiger partial charge in [-0.3, -0.25) is 0 Å². The van der Waals surface area contributed by atoms with Gasteiger partial charge in [0.2, 0.25) is 0 Å². The fourth-order valence-corrected chi connectivity index (χ4v) is 2.48. The molecule has 102 valence electrons. The second-order valence-corrected chi connectivity index (χ2v) is 5.14. The Morgan fingerprint density at radius 3 is 2.90 bits per heavy atom. The van der Waals surface area contributed by atoms with Crippen molar-refractivity contribution in [2.75, 3.05) is 5.32 Å². The van der Waals surface area contributed by atoms with Gasteiger partial charge >= 0.3 is 6.03 Å². The number of thiophene rings is 1. The average Bonchev–Trinajstić information content (AvgIpc) is 2.84. The number of hydrogen-bond acceptors (Lipinski definition) is 3. The molecular formula is C14H12FN3OS. The van der Waals surface area contributed by atoms with E-state index in [1.54, 1.807) is 11.3 Å². The molecule has 0 unspecified atom stereocenters. The number of urea groups is 1. The van der Waals surface area contributed by atoms with Crippen LogP contribution < -0.4 is 10.6 Å². The zero-order valence-corrected chi connectivity index (χ0v) is 11.6. The number of benzene rings is 1. The normalized spacial score (nSPS) is 9.85. The maximum absolute atomic E-state index is 13.0. The maximum atomic E-state index is 13.0. The van der Waals surface area contributed by atoms with E-state index in [1.165, 1.54) is 12.1 Å². The van der Waals surface area contributed by atoms with Crippen molar-refractivity contribution in [2.24, 2.45) is 0 Å². The van der Waals surface area contributed by atoms with Gasteiger partial charge in [-0.25, -0.2) is 9.18 Å². The molecule has 0 fully saturated rings. The van der Waals surface area contributed by atoms with Crippen LogP contribution in [0.2, 0.25) is 0 Å². The number of carbonyl (C=O) groups is 1. The zero-order chi connectivity index (χ0) is 14.5. The highest BCUT2D eigenvalue weighted by atomic mass is 32.1. The van der Waals surface area contributed by atoms with Gasteiger partial charge in [0.15, 0.2) is 0 Å². The highest BCUT2D eigenvalue weighted by molar-refractivity contribution is 7.10. The number of amides is 2. The predicted octanol–water partition coefficient (Wildman–Crippen LogP) is 3.39. The van der Waals surface area contributed by atoms with Crippen LogP contribution in [0.1, 0.15) is 16.0 Å². The molecule has 1 aromatic carbocycles. The Labute approximate surface area is 119 Å². The number of carbonyl (C=O) groups excluding carboxylic acids is 1. The molecule has 0 radical (unpaired) electrons. The molecule has 0 atom stereocenters. The van der Waals surface area contributed by atoms with Crippen molar-refractivity contribution < 1.29 is 9.18 Å². The summed E-state index contributed by atoms with van der Waals surface area (Å²) in [5, 5.41) is 16.1. The van der Waals surface area contributed by atoms with Crippen LogP contribution in [0.25, 0.3) is 0 Å². The van der Waals surface area contributed by atoms with E-state index in [1.807, 2.05) is 24.4 Å². The number of nitrogens with one attached hydrogen (secondary N) is 2. The molecule has 2 rings (SSSR count). The van der Waals surface area contributed by atoms with E-state index in [9.17, 15) is 9.18 Å². The van der Waals surface area contributed by atoms with Crippen LogP contribution >= 0.6 is 11.3 Å². The predicted molar refractivity (Wildman–Crippen MR) is 76.0 cm³/mol. The zero-order valence-electron chi connectivity index (χ0n) is 10.7. The van der Waals surface area contributed by atoms with Gasteiger partial charge in [-0.2, -0.15) is 5.26 Å². The Balaban J connectivity index is 1.99. The lowest BCUT2D eigenvalue weighted by molar-refractivity contribution is 0.252. The average molecular weight is 289 g/mol. The Bertz CT molecular complexity index is 675. The van der Waals surface area contributed by atoms with Crippen molar-refractivity contribution in [2.45, 2.75) is 13.5 Å². The minimum absolute atomic E-state index is 0.0902. The van der Waals surface area contributed by atoms with Crippen LogP contribution in [0.5, 0.6) is 0 Å². The molecule has 0 aliphatic rings. The van der Waals surface area contributed by atoms with Crippen molar-refractivity contribution in [3.05, 3.63) is 51.5 Å². The van der Waals surface area contributed by atoms with Crippen LogP contribution in [0.4, 0.5) is 14.9 Å². The highest BCUT2D eigenvalue weighted by Gasteiger charge is 2.08. The largest absolute Gasteiger partial charge is 0.333 e. The highest BCUT2D eigenvalue weighted by Crippen LogP contribution is 2.17. The lowest BCUT2D eigenvalue weighted by atomic mass is 10.2. The summed E-state index contributed by atoms with van der Waals surface area (Å²) in [5.74, 6) is -0.512. The molecular weight excluding hydrogens is 277 g/mol. The van der Waals surface area contributed by atoms with Gasteiger partial charge in [0.1, 0.15) is 11.9 Å². The molecule has 2 amide bonds. The smallest absolute Gasteiger partial charge is 0.319 e. The van der Waals surface area contributed by atoms with E-state index in [2.05, 4.69) is 10.6 Å². The van der Waals surface area contributed by atoms with Gasteiger partial charge in [-0.15, -0.1) is 11.3 Å². The molecule has 0 spiro atoms. The summed E-state index contributed by atoms with van der Waals surface area (Å²) in [7, 11) is 0. The number of halogens is 1. The van der Waals surface area contributed by atoms with Crippen molar-refractivity contribution in [1.82, 2.24) is 5.32 Å². The van der Waals surface area contributed by atoms with Crippen molar-refractivity contribution >= 4 is 23.1 Å². The fraction of sp³-hybridized carbons (Fsp3) is 0.143. The van der Waals surface area contributed by atoms with Crippen LogP contribution in [-0.2, 0) is 6.54 Å². The van der Waals surface area contributed by atoms with Crippen LogP contribution in [0, 0.1) is 24.1 Å². The molecule has 0 saturated heterocycles. The van der Waals surface area contributed by atoms with Gasteiger partial charge in [-0.05, 0) is 42.1 Å². The Morgan fingerprint density at radius 2 is 2.25 bits per heavy atom. The molecule has 20 heavy (non-hydrogen) atoms. The number of nitriles is 1. The second-order valence-electron chi connectivity index (χ2n) is 4.14. The number of aryl methyl sites for hydroxylation is 1. The van der Waals surface area contributed by atoms with E-state index < -0.39 is 11.8 Å². The lowest BCUT2D eigenvalue weighted by Crippen LogP contribution is -2.28. The third kappa shape index (κ3) is 3.33. The SMILES string of the molecule is Cc1ccsc1CNC(=O)Nc1ccc(F)cc1C#N. The van der Waals surface area contributed by atoms with Gasteiger partial charge < -0.3 is 10.6 Å². The van der Waals surface area contributed by atoms with E-state index in [0.29, 0.717) is 6.54 Å². The molecule has 2 N–H and O–H groups in total. The minimum Gasteiger partial charge on any atom is -0.333 e. The van der Waals surface area contributed by atoms with Gasteiger partial charge in [0.05, 0.1) is 17.8 Å². The Hall–Kier alpha value is -2.39. The minimum atomic E-state index is -0.512. The topological polar surface area (TPSA) is 64.9 Å². The monoisotopic (exact) mass is 289 g/mol. The van der Waals surface area contributed by atoms with E-state index >= 15 is 0 Å². The van der Waals surface area contributed by atoms with Crippen LogP contribution in [-0.4, -0.2) is 6.03 Å². The summed E-state index contributed by atoms with van der Waals surface area (Å²) in [4.78, 5) is 12.8. The molecule has 2 aromatic rings. The molecule has 1 aromatic heterocycles. The van der Waals surface area contributed by atoms with Crippen LogP contribution in [0.15, 0.2) is 29.6 Å². The van der Waals surface area contributed by atoms with E-state index in [0.717, 1.165) is 16.5 Å². The van der Waals surface area contributed by atoms with Crippen molar-refractivity contribution in [3.63, 3.8) is 0 Å². The summed E-state index contributed by atoms with van der Waals surface area (Å²) in [6.45, 7) is 2.39. The first-order valence-corrected chi connectivity index (χ1v) is 6.75. The molecule has 0 aliphatic heterocycles. The first-order valence-electron chi connectivity index (χ1n) is 5.87. The Morgan fingerprint density at radius 1 is 1.45 bits per heavy atom. The fourth-order valence-electron chi connectivity index (χ4n) is 1.63. The first kappa shape index (κ1) is 14.0. The van der Waals surface area contributed by atoms with Gasteiger partial charge in [0, 0.05) is 4.88 Å². The van der Waals surface area contributed by atoms with E-state index in [4.69, 9.17) is 5.26 Å². The third-order valence-electron chi connectivity index (χ3n) is 2.73. The molecule has 0 saturated carbocycles. The molecule has 0 aliphatic carbocycles.